The van der Waals surface area contributed by atoms with Gasteiger partial charge in [0.25, 0.3) is 5.91 Å². The molecule has 3 aromatic carbocycles. The number of benzene rings is 3. The zero-order valence-corrected chi connectivity index (χ0v) is 22.1. The SMILES string of the molecule is COc1ccc(-c2cc(C(=O)N3CCN(C/C=C/c4ccccc4)CC3)c(C)n2-c2ccc(F)cc2F)cc1. The summed E-state index contributed by atoms with van der Waals surface area (Å²) in [6.07, 6.45) is 4.26. The van der Waals surface area contributed by atoms with Crippen LogP contribution in [-0.2, 0) is 0 Å². The Hall–Kier alpha value is -4.23. The molecule has 0 radical (unpaired) electrons. The lowest BCUT2D eigenvalue weighted by Crippen LogP contribution is -2.48. The highest BCUT2D eigenvalue weighted by Gasteiger charge is 2.27. The maximum atomic E-state index is 15.0. The summed E-state index contributed by atoms with van der Waals surface area (Å²) in [7, 11) is 1.59. The smallest absolute Gasteiger partial charge is 0.255 e. The van der Waals surface area contributed by atoms with Gasteiger partial charge >= 0.3 is 0 Å². The molecule has 4 aromatic rings. The van der Waals surface area contributed by atoms with Crippen molar-refractivity contribution in [3.8, 4) is 22.7 Å². The molecule has 0 N–H and O–H groups in total. The molecule has 1 amide bonds. The summed E-state index contributed by atoms with van der Waals surface area (Å²) in [4.78, 5) is 17.9. The van der Waals surface area contributed by atoms with Gasteiger partial charge < -0.3 is 14.2 Å². The quantitative estimate of drug-likeness (QED) is 0.287. The van der Waals surface area contributed by atoms with Crippen molar-refractivity contribution in [3.63, 3.8) is 0 Å². The van der Waals surface area contributed by atoms with Crippen LogP contribution in [0.15, 0.2) is 84.9 Å². The zero-order chi connectivity index (χ0) is 27.4. The molecule has 1 fully saturated rings. The van der Waals surface area contributed by atoms with Crippen molar-refractivity contribution < 1.29 is 18.3 Å². The summed E-state index contributed by atoms with van der Waals surface area (Å²) < 4.78 is 35.6. The van der Waals surface area contributed by atoms with E-state index in [0.717, 1.165) is 36.8 Å². The van der Waals surface area contributed by atoms with Crippen molar-refractivity contribution in [1.29, 1.82) is 0 Å². The first-order valence-electron chi connectivity index (χ1n) is 13.0. The second-order valence-corrected chi connectivity index (χ2v) is 9.59. The number of nitrogens with zero attached hydrogens (tertiary/aromatic N) is 3. The van der Waals surface area contributed by atoms with Gasteiger partial charge in [-0.3, -0.25) is 9.69 Å². The van der Waals surface area contributed by atoms with Gasteiger partial charge in [-0.1, -0.05) is 42.5 Å². The lowest BCUT2D eigenvalue weighted by atomic mass is 10.1. The maximum Gasteiger partial charge on any atom is 0.255 e. The molecule has 7 heteroatoms. The molecule has 200 valence electrons. The number of hydrogen-bond acceptors (Lipinski definition) is 3. The van der Waals surface area contributed by atoms with Gasteiger partial charge in [0.2, 0.25) is 0 Å². The van der Waals surface area contributed by atoms with E-state index in [1.165, 1.54) is 12.1 Å². The van der Waals surface area contributed by atoms with Crippen LogP contribution in [0.3, 0.4) is 0 Å². The number of methoxy groups -OCH3 is 1. The molecule has 1 aliphatic heterocycles. The molecule has 2 heterocycles. The molecule has 1 saturated heterocycles. The topological polar surface area (TPSA) is 37.7 Å². The average Bonchev–Trinajstić information content (AvgIpc) is 3.30. The number of aromatic nitrogens is 1. The number of hydrogen-bond donors (Lipinski definition) is 0. The third kappa shape index (κ3) is 5.78. The van der Waals surface area contributed by atoms with E-state index in [0.29, 0.717) is 35.8 Å². The van der Waals surface area contributed by atoms with Crippen LogP contribution in [0, 0.1) is 18.6 Å². The molecule has 0 atom stereocenters. The van der Waals surface area contributed by atoms with Gasteiger partial charge in [-0.15, -0.1) is 0 Å². The van der Waals surface area contributed by atoms with Crippen LogP contribution in [0.4, 0.5) is 8.78 Å². The lowest BCUT2D eigenvalue weighted by molar-refractivity contribution is 0.0649. The van der Waals surface area contributed by atoms with Crippen LogP contribution in [0.25, 0.3) is 23.0 Å². The van der Waals surface area contributed by atoms with Gasteiger partial charge in [-0.2, -0.15) is 0 Å². The molecule has 0 bridgehead atoms. The fraction of sp³-hybridized carbons (Fsp3) is 0.219. The summed E-state index contributed by atoms with van der Waals surface area (Å²) in [5.74, 6) is -0.753. The second-order valence-electron chi connectivity index (χ2n) is 9.59. The number of rotatable bonds is 7. The summed E-state index contributed by atoms with van der Waals surface area (Å²) in [6, 6.07) is 22.8. The Labute approximate surface area is 227 Å². The highest BCUT2D eigenvalue weighted by Crippen LogP contribution is 2.32. The number of piperazine rings is 1. The standard InChI is InChI=1S/C32H31F2N3O2/c1-23-28(32(38)36-19-17-35(18-20-36)16-6-9-24-7-4-3-5-8-24)22-31(25-10-13-27(39-2)14-11-25)37(23)30-15-12-26(33)21-29(30)34/h3-15,21-22H,16-20H2,1-2H3/b9-6+. The number of amides is 1. The maximum absolute atomic E-state index is 15.0. The van der Waals surface area contributed by atoms with Crippen molar-refractivity contribution in [3.05, 3.63) is 113 Å². The first-order chi connectivity index (χ1) is 18.9. The van der Waals surface area contributed by atoms with E-state index in [1.54, 1.807) is 24.7 Å². The van der Waals surface area contributed by atoms with E-state index in [2.05, 4.69) is 29.2 Å². The van der Waals surface area contributed by atoms with Gasteiger partial charge in [0.1, 0.15) is 17.4 Å². The minimum atomic E-state index is -0.695. The largest absolute Gasteiger partial charge is 0.497 e. The molecule has 5 nitrogen and oxygen atoms in total. The van der Waals surface area contributed by atoms with Crippen LogP contribution in [0.5, 0.6) is 5.75 Å². The number of carbonyl (C=O) groups is 1. The molecule has 5 rings (SSSR count). The van der Waals surface area contributed by atoms with E-state index in [1.807, 2.05) is 47.4 Å². The summed E-state index contributed by atoms with van der Waals surface area (Å²) in [5, 5.41) is 0. The van der Waals surface area contributed by atoms with E-state index < -0.39 is 11.6 Å². The molecule has 0 spiro atoms. The molecule has 1 aliphatic rings. The second kappa shape index (κ2) is 11.7. The Kier molecular flexibility index (Phi) is 7.89. The van der Waals surface area contributed by atoms with Gasteiger partial charge in [0, 0.05) is 44.5 Å². The molecule has 0 aliphatic carbocycles. The lowest BCUT2D eigenvalue weighted by Gasteiger charge is -2.34. The minimum absolute atomic E-state index is 0.0944. The van der Waals surface area contributed by atoms with Crippen LogP contribution >= 0.6 is 0 Å². The van der Waals surface area contributed by atoms with Crippen molar-refractivity contribution in [2.75, 3.05) is 39.8 Å². The number of carbonyl (C=O) groups excluding carboxylic acids is 1. The summed E-state index contributed by atoms with van der Waals surface area (Å²) >= 11 is 0. The van der Waals surface area contributed by atoms with Crippen LogP contribution in [-0.4, -0.2) is 60.1 Å². The first kappa shape index (κ1) is 26.4. The predicted molar refractivity (Wildman–Crippen MR) is 150 cm³/mol. The molecule has 39 heavy (non-hydrogen) atoms. The normalized spacial score (nSPS) is 14.2. The summed E-state index contributed by atoms with van der Waals surface area (Å²) in [6.45, 7) is 5.35. The average molecular weight is 528 g/mol. The fourth-order valence-corrected chi connectivity index (χ4v) is 4.98. The third-order valence-corrected chi connectivity index (χ3v) is 7.15. The van der Waals surface area contributed by atoms with Gasteiger partial charge in [0.05, 0.1) is 24.1 Å². The van der Waals surface area contributed by atoms with Crippen molar-refractivity contribution in [2.45, 2.75) is 6.92 Å². The van der Waals surface area contributed by atoms with Crippen molar-refractivity contribution in [2.24, 2.45) is 0 Å². The molecule has 1 aromatic heterocycles. The van der Waals surface area contributed by atoms with Gasteiger partial charge in [0.15, 0.2) is 0 Å². The molecule has 0 unspecified atom stereocenters. The van der Waals surface area contributed by atoms with Gasteiger partial charge in [-0.25, -0.2) is 8.78 Å². The third-order valence-electron chi connectivity index (χ3n) is 7.15. The van der Waals surface area contributed by atoms with E-state index in [9.17, 15) is 13.6 Å². The predicted octanol–water partition coefficient (Wildman–Crippen LogP) is 6.21. The Morgan fingerprint density at radius 1 is 0.923 bits per heavy atom. The van der Waals surface area contributed by atoms with Gasteiger partial charge in [-0.05, 0) is 60.5 Å². The Balaban J connectivity index is 1.38. The van der Waals surface area contributed by atoms with Crippen LogP contribution in [0.2, 0.25) is 0 Å². The Bertz CT molecular complexity index is 1470. The highest BCUT2D eigenvalue weighted by atomic mass is 19.1. The fourth-order valence-electron chi connectivity index (χ4n) is 4.98. The summed E-state index contributed by atoms with van der Waals surface area (Å²) in [5.41, 5.74) is 3.89. The zero-order valence-electron chi connectivity index (χ0n) is 22.1. The minimum Gasteiger partial charge on any atom is -0.497 e. The number of ether oxygens (including phenoxy) is 1. The molecular weight excluding hydrogens is 496 g/mol. The van der Waals surface area contributed by atoms with E-state index in [-0.39, 0.29) is 11.6 Å². The molecule has 0 saturated carbocycles. The highest BCUT2D eigenvalue weighted by molar-refractivity contribution is 5.97. The molecular formula is C32H31F2N3O2. The van der Waals surface area contributed by atoms with Crippen molar-refractivity contribution >= 4 is 12.0 Å². The van der Waals surface area contributed by atoms with E-state index in [4.69, 9.17) is 4.74 Å². The Morgan fingerprint density at radius 2 is 1.64 bits per heavy atom. The van der Waals surface area contributed by atoms with Crippen LogP contribution in [0.1, 0.15) is 21.6 Å². The van der Waals surface area contributed by atoms with Crippen molar-refractivity contribution in [1.82, 2.24) is 14.4 Å². The van der Waals surface area contributed by atoms with Crippen LogP contribution < -0.4 is 4.74 Å². The van der Waals surface area contributed by atoms with E-state index >= 15 is 0 Å². The first-order valence-corrected chi connectivity index (χ1v) is 13.0. The Morgan fingerprint density at radius 3 is 2.31 bits per heavy atom. The monoisotopic (exact) mass is 527 g/mol. The number of halogens is 2.